The molecule has 1 N–H and O–H groups in total. The van der Waals surface area contributed by atoms with Crippen LogP contribution < -0.4 is 5.32 Å². The van der Waals surface area contributed by atoms with Crippen molar-refractivity contribution in [2.45, 2.75) is 45.7 Å². The van der Waals surface area contributed by atoms with Crippen LogP contribution in [0.3, 0.4) is 0 Å². The summed E-state index contributed by atoms with van der Waals surface area (Å²) in [6, 6.07) is 1.14. The Morgan fingerprint density at radius 3 is 2.12 bits per heavy atom. The Balaban J connectivity index is 4.29. The molecule has 0 aromatic carbocycles. The van der Waals surface area contributed by atoms with E-state index in [1.165, 1.54) is 12.8 Å². The zero-order chi connectivity index (χ0) is 12.4. The van der Waals surface area contributed by atoms with Gasteiger partial charge < -0.3 is 5.32 Å². The second kappa shape index (κ2) is 9.61. The lowest BCUT2D eigenvalue weighted by molar-refractivity contribution is 0.217. The third kappa shape index (κ3) is 6.81. The first-order valence-corrected chi connectivity index (χ1v) is 6.34. The molecule has 0 bridgehead atoms. The molecule has 0 spiro atoms. The Labute approximate surface area is 101 Å². The third-order valence-corrected chi connectivity index (χ3v) is 2.63. The third-order valence-electron chi connectivity index (χ3n) is 2.63. The highest BCUT2D eigenvalue weighted by Crippen LogP contribution is 2.07. The molecule has 0 aliphatic carbocycles. The monoisotopic (exact) mass is 224 g/mol. The summed E-state index contributed by atoms with van der Waals surface area (Å²) >= 11 is 0. The maximum Gasteiger partial charge on any atom is 0.0227 e. The minimum Gasteiger partial charge on any atom is -0.313 e. The van der Waals surface area contributed by atoms with Gasteiger partial charge in [0.25, 0.3) is 0 Å². The molecule has 0 aliphatic heterocycles. The molecule has 0 rings (SSSR count). The van der Waals surface area contributed by atoms with Crippen molar-refractivity contribution in [1.82, 2.24) is 10.2 Å². The molecule has 0 aliphatic rings. The molecular weight excluding hydrogens is 196 g/mol. The van der Waals surface area contributed by atoms with Crippen molar-refractivity contribution in [2.24, 2.45) is 0 Å². The van der Waals surface area contributed by atoms with Gasteiger partial charge in [-0.05, 0) is 6.42 Å². The molecule has 1 atom stereocenters. The Morgan fingerprint density at radius 1 is 1.19 bits per heavy atom. The van der Waals surface area contributed by atoms with Gasteiger partial charge in [0.05, 0.1) is 0 Å². The van der Waals surface area contributed by atoms with Gasteiger partial charge in [-0.25, -0.2) is 0 Å². The molecule has 0 radical (unpaired) electrons. The molecule has 0 heterocycles. The van der Waals surface area contributed by atoms with Gasteiger partial charge >= 0.3 is 0 Å². The molecule has 0 aromatic rings. The van der Waals surface area contributed by atoms with Crippen molar-refractivity contribution < 1.29 is 0 Å². The van der Waals surface area contributed by atoms with Crippen LogP contribution in [0.4, 0.5) is 0 Å². The van der Waals surface area contributed by atoms with E-state index in [1.807, 2.05) is 12.2 Å². The fourth-order valence-electron chi connectivity index (χ4n) is 1.82. The van der Waals surface area contributed by atoms with Gasteiger partial charge in [-0.1, -0.05) is 39.3 Å². The van der Waals surface area contributed by atoms with E-state index in [9.17, 15) is 0 Å². The van der Waals surface area contributed by atoms with E-state index < -0.39 is 0 Å². The molecule has 0 saturated heterocycles. The van der Waals surface area contributed by atoms with E-state index in [-0.39, 0.29) is 0 Å². The predicted molar refractivity (Wildman–Crippen MR) is 73.8 cm³/mol. The maximum atomic E-state index is 3.82. The first-order valence-electron chi connectivity index (χ1n) is 6.34. The van der Waals surface area contributed by atoms with Gasteiger partial charge in [0.2, 0.25) is 0 Å². The molecule has 1 unspecified atom stereocenters. The fourth-order valence-corrected chi connectivity index (χ4v) is 1.82. The van der Waals surface area contributed by atoms with Crippen LogP contribution in [0.2, 0.25) is 0 Å². The molecule has 0 saturated carbocycles. The number of nitrogens with zero attached hydrogens (tertiary/aromatic N) is 1. The second-order valence-corrected chi connectivity index (χ2v) is 4.54. The summed E-state index contributed by atoms with van der Waals surface area (Å²) in [6.45, 7) is 17.2. The summed E-state index contributed by atoms with van der Waals surface area (Å²) < 4.78 is 0. The van der Waals surface area contributed by atoms with Gasteiger partial charge in [-0.2, -0.15) is 0 Å². The van der Waals surface area contributed by atoms with Crippen LogP contribution in [0, 0.1) is 0 Å². The van der Waals surface area contributed by atoms with E-state index in [1.54, 1.807) is 0 Å². The molecule has 0 amide bonds. The Kier molecular flexibility index (Phi) is 9.25. The molecule has 2 nitrogen and oxygen atoms in total. The lowest BCUT2D eigenvalue weighted by Gasteiger charge is -2.30. The van der Waals surface area contributed by atoms with Gasteiger partial charge in [0.15, 0.2) is 0 Å². The molecule has 94 valence electrons. The van der Waals surface area contributed by atoms with Crippen molar-refractivity contribution in [3.8, 4) is 0 Å². The largest absolute Gasteiger partial charge is 0.313 e. The fraction of sp³-hybridized carbons (Fsp3) is 0.714. The van der Waals surface area contributed by atoms with Gasteiger partial charge in [0.1, 0.15) is 0 Å². The summed E-state index contributed by atoms with van der Waals surface area (Å²) in [5.41, 5.74) is 0. The van der Waals surface area contributed by atoms with Gasteiger partial charge in [0, 0.05) is 31.7 Å². The minimum absolute atomic E-state index is 0.550. The minimum atomic E-state index is 0.550. The van der Waals surface area contributed by atoms with Crippen LogP contribution in [0.5, 0.6) is 0 Å². The molecule has 2 heteroatoms. The summed E-state index contributed by atoms with van der Waals surface area (Å²) in [5.74, 6) is 0. The van der Waals surface area contributed by atoms with Gasteiger partial charge in [-0.3, -0.25) is 4.90 Å². The van der Waals surface area contributed by atoms with E-state index in [0.29, 0.717) is 12.1 Å². The van der Waals surface area contributed by atoms with Crippen molar-refractivity contribution >= 4 is 0 Å². The first-order chi connectivity index (χ1) is 7.65. The summed E-state index contributed by atoms with van der Waals surface area (Å²) in [5, 5.41) is 3.52. The van der Waals surface area contributed by atoms with E-state index in [2.05, 4.69) is 44.1 Å². The van der Waals surface area contributed by atoms with Crippen molar-refractivity contribution in [3.63, 3.8) is 0 Å². The standard InChI is InChI=1S/C14H28N2/c1-6-9-14(12-15-13(4)5)16(10-7-2)11-8-3/h7-8,13-15H,2-3,6,9-12H2,1,4-5H3. The Bertz CT molecular complexity index is 177. The van der Waals surface area contributed by atoms with Crippen LogP contribution in [0.15, 0.2) is 25.3 Å². The van der Waals surface area contributed by atoms with Crippen LogP contribution in [0.1, 0.15) is 33.6 Å². The lowest BCUT2D eigenvalue weighted by Crippen LogP contribution is -2.44. The SMILES string of the molecule is C=CCN(CC=C)C(CCC)CNC(C)C. The van der Waals surface area contributed by atoms with E-state index in [0.717, 1.165) is 19.6 Å². The van der Waals surface area contributed by atoms with Crippen molar-refractivity contribution in [2.75, 3.05) is 19.6 Å². The predicted octanol–water partition coefficient (Wildman–Crippen LogP) is 2.83. The molecule has 0 fully saturated rings. The Hall–Kier alpha value is -0.600. The molecular formula is C14H28N2. The second-order valence-electron chi connectivity index (χ2n) is 4.54. The van der Waals surface area contributed by atoms with Crippen LogP contribution in [0.25, 0.3) is 0 Å². The highest BCUT2D eigenvalue weighted by Gasteiger charge is 2.15. The van der Waals surface area contributed by atoms with Crippen LogP contribution in [-0.4, -0.2) is 36.6 Å². The number of hydrogen-bond acceptors (Lipinski definition) is 2. The lowest BCUT2D eigenvalue weighted by atomic mass is 10.1. The highest BCUT2D eigenvalue weighted by molar-refractivity contribution is 4.85. The number of hydrogen-bond donors (Lipinski definition) is 1. The van der Waals surface area contributed by atoms with Crippen molar-refractivity contribution in [3.05, 3.63) is 25.3 Å². The van der Waals surface area contributed by atoms with Crippen LogP contribution >= 0.6 is 0 Å². The zero-order valence-electron chi connectivity index (χ0n) is 11.2. The number of nitrogens with one attached hydrogen (secondary N) is 1. The first kappa shape index (κ1) is 15.4. The normalized spacial score (nSPS) is 13.1. The summed E-state index contributed by atoms with van der Waals surface area (Å²) in [6.07, 6.45) is 6.39. The van der Waals surface area contributed by atoms with E-state index in [4.69, 9.17) is 0 Å². The smallest absolute Gasteiger partial charge is 0.0227 e. The Morgan fingerprint density at radius 2 is 1.75 bits per heavy atom. The van der Waals surface area contributed by atoms with Crippen molar-refractivity contribution in [1.29, 1.82) is 0 Å². The van der Waals surface area contributed by atoms with Crippen LogP contribution in [-0.2, 0) is 0 Å². The maximum absolute atomic E-state index is 3.82. The molecule has 16 heavy (non-hydrogen) atoms. The average molecular weight is 224 g/mol. The highest BCUT2D eigenvalue weighted by atomic mass is 15.2. The average Bonchev–Trinajstić information content (AvgIpc) is 2.24. The quantitative estimate of drug-likeness (QED) is 0.574. The molecule has 0 aromatic heterocycles. The summed E-state index contributed by atoms with van der Waals surface area (Å²) in [4.78, 5) is 2.43. The zero-order valence-corrected chi connectivity index (χ0v) is 11.2. The van der Waals surface area contributed by atoms with E-state index >= 15 is 0 Å². The summed E-state index contributed by atoms with van der Waals surface area (Å²) in [7, 11) is 0. The topological polar surface area (TPSA) is 15.3 Å². The van der Waals surface area contributed by atoms with Gasteiger partial charge in [-0.15, -0.1) is 13.2 Å². The number of rotatable bonds is 10.